The number of carbonyl (C=O) groups excluding carboxylic acids is 2. The van der Waals surface area contributed by atoms with Crippen LogP contribution in [0.3, 0.4) is 0 Å². The molecule has 0 aliphatic heterocycles. The smallest absolute Gasteiger partial charge is 0.347 e. The first-order valence-electron chi connectivity index (χ1n) is 16.8. The van der Waals surface area contributed by atoms with Crippen LogP contribution < -0.4 is 22.7 Å². The topological polar surface area (TPSA) is 249 Å². The van der Waals surface area contributed by atoms with Gasteiger partial charge in [0.05, 0.1) is 29.6 Å². The van der Waals surface area contributed by atoms with Gasteiger partial charge < -0.3 is 15.5 Å². The Hall–Kier alpha value is -7.64. The molecule has 3 amide bonds. The number of pyridine rings is 4. The Labute approximate surface area is 324 Å². The van der Waals surface area contributed by atoms with E-state index in [1.807, 2.05) is 12.1 Å². The lowest BCUT2D eigenvalue weighted by Crippen LogP contribution is -2.14. The normalized spacial score (nSPS) is 10.9. The summed E-state index contributed by atoms with van der Waals surface area (Å²) in [6, 6.07) is 18.6. The molecule has 57 heavy (non-hydrogen) atoms. The lowest BCUT2D eigenvalue weighted by atomic mass is 10.1. The number of anilines is 2. The molecule has 0 unspecified atom stereocenters. The Bertz CT molecular complexity index is 2580. The van der Waals surface area contributed by atoms with Crippen LogP contribution in [0, 0.1) is 11.6 Å². The Morgan fingerprint density at radius 3 is 1.93 bits per heavy atom. The molecule has 5 aromatic heterocycles. The van der Waals surface area contributed by atoms with E-state index in [4.69, 9.17) is 5.73 Å². The van der Waals surface area contributed by atoms with Crippen molar-refractivity contribution in [3.8, 4) is 33.9 Å². The molecule has 7 aromatic rings. The maximum Gasteiger partial charge on any atom is 0.347 e. The van der Waals surface area contributed by atoms with E-state index in [2.05, 4.69) is 62.1 Å². The summed E-state index contributed by atoms with van der Waals surface area (Å²) in [6.45, 7) is 0. The van der Waals surface area contributed by atoms with Gasteiger partial charge in [-0.05, 0) is 48.5 Å². The van der Waals surface area contributed by atoms with Gasteiger partial charge >= 0.3 is 6.03 Å². The van der Waals surface area contributed by atoms with Crippen molar-refractivity contribution in [3.05, 3.63) is 109 Å². The Morgan fingerprint density at radius 1 is 0.754 bits per heavy atom. The second kappa shape index (κ2) is 18.6. The molecule has 0 bridgehead atoms. The number of H-pyrrole nitrogens is 1. The Balaban J connectivity index is 0.000000218. The zero-order valence-corrected chi connectivity index (χ0v) is 31.1. The molecule has 7 rings (SSSR count). The summed E-state index contributed by atoms with van der Waals surface area (Å²) in [5.41, 5.74) is 10.0. The van der Waals surface area contributed by atoms with Gasteiger partial charge in [-0.3, -0.25) is 26.9 Å². The Morgan fingerprint density at radius 2 is 1.35 bits per heavy atom. The number of hydrogen-bond donors (Lipinski definition) is 5. The number of amides is 3. The van der Waals surface area contributed by atoms with Crippen LogP contribution in [0.2, 0.25) is 0 Å². The van der Waals surface area contributed by atoms with E-state index in [9.17, 15) is 18.4 Å². The molecule has 0 atom stereocenters. The van der Waals surface area contributed by atoms with E-state index in [-0.39, 0.29) is 22.7 Å². The van der Waals surface area contributed by atoms with Crippen molar-refractivity contribution in [2.75, 3.05) is 39.2 Å². The highest BCUT2D eigenvalue weighted by Crippen LogP contribution is 2.31. The van der Waals surface area contributed by atoms with Crippen molar-refractivity contribution in [3.63, 3.8) is 0 Å². The summed E-state index contributed by atoms with van der Waals surface area (Å²) in [4.78, 5) is 57.3. The van der Waals surface area contributed by atoms with Gasteiger partial charge in [0.25, 0.3) is 5.91 Å². The van der Waals surface area contributed by atoms with Crippen molar-refractivity contribution in [1.82, 2.24) is 44.9 Å². The minimum Gasteiger partial charge on any atom is -0.382 e. The second-order valence-corrected chi connectivity index (χ2v) is 12.3. The minimum absolute atomic E-state index is 0.118. The molecular formula is C38H37F2N15O2. The number of nitrogen functional groups attached to an aromatic ring is 1. The highest BCUT2D eigenvalue weighted by molar-refractivity contribution is 6.11. The molecule has 0 saturated heterocycles. The van der Waals surface area contributed by atoms with E-state index < -0.39 is 17.8 Å². The van der Waals surface area contributed by atoms with Crippen LogP contribution >= 0.6 is 0 Å². The fraction of sp³-hybridized carbons (Fsp3) is 0.105. The molecule has 0 saturated carbocycles. The first-order chi connectivity index (χ1) is 27.5. The first kappa shape index (κ1) is 40.5. The summed E-state index contributed by atoms with van der Waals surface area (Å²) in [5.74, 6) is 7.78. The second-order valence-electron chi connectivity index (χ2n) is 12.3. The number of aliphatic imine (C=N–C) groups is 2. The summed E-state index contributed by atoms with van der Waals surface area (Å²) in [5, 5.41) is 10.5. The van der Waals surface area contributed by atoms with E-state index >= 15 is 0 Å². The van der Waals surface area contributed by atoms with Crippen molar-refractivity contribution < 1.29 is 18.4 Å². The zero-order chi connectivity index (χ0) is 41.1. The fourth-order valence-electron chi connectivity index (χ4n) is 5.20. The number of carbonyl (C=O) groups is 2. The van der Waals surface area contributed by atoms with Crippen molar-refractivity contribution in [2.24, 2.45) is 21.7 Å². The SMILES string of the molecule is CN(C)C=NC(=O)Nc1ncc(C(=O)N=CN(C)C)c2ccc(-c3cccc(F)c3)nc12.NN.Nc1ncc(-c2ncn[nH]2)c2ccc(-c3cccc(F)c3)nc12. The number of hydrazine groups is 1. The third-order valence-electron chi connectivity index (χ3n) is 7.67. The molecule has 0 aliphatic carbocycles. The number of benzene rings is 2. The molecular weight excluding hydrogens is 737 g/mol. The number of nitrogens with one attached hydrogen (secondary N) is 2. The van der Waals surface area contributed by atoms with Gasteiger partial charge in [0, 0.05) is 68.0 Å². The van der Waals surface area contributed by atoms with Gasteiger partial charge in [0.1, 0.15) is 34.8 Å². The largest absolute Gasteiger partial charge is 0.382 e. The molecule has 8 N–H and O–H groups in total. The van der Waals surface area contributed by atoms with Gasteiger partial charge in [0.2, 0.25) is 0 Å². The molecule has 2 aromatic carbocycles. The van der Waals surface area contributed by atoms with Crippen LogP contribution in [0.5, 0.6) is 0 Å². The standard InChI is InChI=1S/C22H22FN7O2.C16H11FN6.H4N2/c1-29(2)12-25-21(31)17-11-24-20(28-22(32)26-13-30(3)4)19-16(17)8-9-18(27-19)14-6-5-7-15(23)10-14;17-10-3-1-2-9(6-10)13-5-4-11-12(16-20-8-21-23-16)7-19-15(18)14(11)22-13;1-2/h5-13H,1-4H3,(H,24,28,32);1-8H,(H2,18,19)(H,20,21,23);1-2H2. The zero-order valence-electron chi connectivity index (χ0n) is 31.1. The summed E-state index contributed by atoms with van der Waals surface area (Å²) in [6.07, 6.45) is 7.10. The van der Waals surface area contributed by atoms with E-state index in [0.29, 0.717) is 45.1 Å². The van der Waals surface area contributed by atoms with Crippen molar-refractivity contribution in [1.29, 1.82) is 0 Å². The van der Waals surface area contributed by atoms with Gasteiger partial charge in [-0.25, -0.2) is 38.5 Å². The monoisotopic (exact) mass is 773 g/mol. The number of hydrogen-bond acceptors (Lipinski definition) is 11. The van der Waals surface area contributed by atoms with Crippen LogP contribution in [0.25, 0.3) is 55.7 Å². The van der Waals surface area contributed by atoms with Crippen LogP contribution in [-0.4, -0.2) is 97.7 Å². The molecule has 5 heterocycles. The number of halogens is 2. The average molecular weight is 774 g/mol. The van der Waals surface area contributed by atoms with Crippen LogP contribution in [0.15, 0.2) is 102 Å². The van der Waals surface area contributed by atoms with E-state index in [1.54, 1.807) is 80.6 Å². The van der Waals surface area contributed by atoms with Gasteiger partial charge in [-0.1, -0.05) is 24.3 Å². The molecule has 0 radical (unpaired) electrons. The number of aromatic amines is 1. The number of nitrogens with zero attached hydrogens (tertiary/aromatic N) is 10. The van der Waals surface area contributed by atoms with Gasteiger partial charge in [-0.2, -0.15) is 15.1 Å². The summed E-state index contributed by atoms with van der Waals surface area (Å²) in [7, 11) is 6.94. The number of rotatable bonds is 7. The van der Waals surface area contributed by atoms with Crippen LogP contribution in [0.1, 0.15) is 10.4 Å². The molecule has 0 fully saturated rings. The van der Waals surface area contributed by atoms with Crippen LogP contribution in [0.4, 0.5) is 25.2 Å². The molecule has 17 nitrogen and oxygen atoms in total. The lowest BCUT2D eigenvalue weighted by Gasteiger charge is -2.11. The third kappa shape index (κ3) is 10.1. The predicted octanol–water partition coefficient (Wildman–Crippen LogP) is 4.91. The quantitative estimate of drug-likeness (QED) is 0.0626. The number of fused-ring (bicyclic) bond motifs is 2. The van der Waals surface area contributed by atoms with E-state index in [1.165, 1.54) is 49.5 Å². The average Bonchev–Trinajstić information content (AvgIpc) is 3.75. The van der Waals surface area contributed by atoms with Gasteiger partial charge in [-0.15, -0.1) is 0 Å². The maximum atomic E-state index is 13.7. The minimum atomic E-state index is -0.657. The summed E-state index contributed by atoms with van der Waals surface area (Å²) < 4.78 is 27.1. The first-order valence-corrected chi connectivity index (χ1v) is 16.8. The predicted molar refractivity (Wildman–Crippen MR) is 216 cm³/mol. The molecule has 19 heteroatoms. The fourth-order valence-corrected chi connectivity index (χ4v) is 5.20. The van der Waals surface area contributed by atoms with Crippen molar-refractivity contribution in [2.45, 2.75) is 0 Å². The number of aromatic nitrogens is 7. The van der Waals surface area contributed by atoms with E-state index in [0.717, 1.165) is 10.9 Å². The number of urea groups is 1. The lowest BCUT2D eigenvalue weighted by molar-refractivity contribution is 0.100. The Kier molecular flexibility index (Phi) is 13.2. The third-order valence-corrected chi connectivity index (χ3v) is 7.67. The molecule has 0 aliphatic rings. The molecule has 290 valence electrons. The van der Waals surface area contributed by atoms with Gasteiger partial charge in [0.15, 0.2) is 11.6 Å². The number of nitrogens with two attached hydrogens (primary N) is 3. The maximum absolute atomic E-state index is 13.7. The highest BCUT2D eigenvalue weighted by atomic mass is 19.1. The molecule has 0 spiro atoms. The summed E-state index contributed by atoms with van der Waals surface area (Å²) >= 11 is 0. The van der Waals surface area contributed by atoms with Crippen LogP contribution in [-0.2, 0) is 0 Å². The van der Waals surface area contributed by atoms with Crippen molar-refractivity contribution >= 4 is 58.1 Å². The highest BCUT2D eigenvalue weighted by Gasteiger charge is 2.17.